The normalized spacial score (nSPS) is 15.4. The number of sulfonamides is 1. The van der Waals surface area contributed by atoms with Crippen molar-refractivity contribution in [3.8, 4) is 0 Å². The van der Waals surface area contributed by atoms with Gasteiger partial charge in [-0.3, -0.25) is 13.9 Å². The van der Waals surface area contributed by atoms with Crippen molar-refractivity contribution in [2.75, 3.05) is 29.8 Å². The number of anilines is 2. The summed E-state index contributed by atoms with van der Waals surface area (Å²) in [6.45, 7) is 1.12. The molecule has 4 rings (SSSR count). The number of carbonyl (C=O) groups is 2. The maximum Gasteiger partial charge on any atom is 0.264 e. The molecule has 8 nitrogen and oxygen atoms in total. The first-order valence-electron chi connectivity index (χ1n) is 11.3. The second-order valence-electron chi connectivity index (χ2n) is 8.18. The molecular formula is C26H27N3O5S. The molecular weight excluding hydrogens is 466 g/mol. The third kappa shape index (κ3) is 5.70. The minimum atomic E-state index is -3.79. The van der Waals surface area contributed by atoms with Gasteiger partial charge in [-0.05, 0) is 61.4 Å². The van der Waals surface area contributed by atoms with Gasteiger partial charge in [-0.25, -0.2) is 8.42 Å². The summed E-state index contributed by atoms with van der Waals surface area (Å²) >= 11 is 0. The zero-order chi connectivity index (χ0) is 24.8. The van der Waals surface area contributed by atoms with Crippen LogP contribution in [-0.2, 0) is 14.8 Å². The lowest BCUT2D eigenvalue weighted by Crippen LogP contribution is -2.32. The van der Waals surface area contributed by atoms with Crippen molar-refractivity contribution in [2.45, 2.75) is 23.8 Å². The predicted molar refractivity (Wildman–Crippen MR) is 134 cm³/mol. The molecule has 1 heterocycles. The molecule has 0 aromatic heterocycles. The van der Waals surface area contributed by atoms with Crippen molar-refractivity contribution in [3.63, 3.8) is 0 Å². The van der Waals surface area contributed by atoms with E-state index in [1.54, 1.807) is 48.5 Å². The fourth-order valence-corrected chi connectivity index (χ4v) is 5.00. The first-order chi connectivity index (χ1) is 16.9. The molecule has 0 radical (unpaired) electrons. The van der Waals surface area contributed by atoms with Gasteiger partial charge in [0, 0.05) is 25.8 Å². The van der Waals surface area contributed by atoms with Gasteiger partial charge in [0.15, 0.2) is 0 Å². The predicted octanol–water partition coefficient (Wildman–Crippen LogP) is 3.67. The highest BCUT2D eigenvalue weighted by Crippen LogP contribution is 2.23. The summed E-state index contributed by atoms with van der Waals surface area (Å²) in [4.78, 5) is 25.6. The Labute approximate surface area is 205 Å². The summed E-state index contributed by atoms with van der Waals surface area (Å²) in [6, 6.07) is 21.1. The molecule has 1 aliphatic heterocycles. The number of nitrogens with zero attached hydrogens (tertiary/aromatic N) is 1. The Balaban J connectivity index is 1.45. The molecule has 2 amide bonds. The Morgan fingerprint density at radius 1 is 0.943 bits per heavy atom. The smallest absolute Gasteiger partial charge is 0.264 e. The van der Waals surface area contributed by atoms with Crippen LogP contribution in [0, 0.1) is 0 Å². The Morgan fingerprint density at radius 2 is 1.63 bits per heavy atom. The highest BCUT2D eigenvalue weighted by atomic mass is 32.2. The summed E-state index contributed by atoms with van der Waals surface area (Å²) in [5.41, 5.74) is 1.50. The molecule has 0 saturated carbocycles. The van der Waals surface area contributed by atoms with Crippen molar-refractivity contribution >= 4 is 33.2 Å². The number of hydrogen-bond donors (Lipinski definition) is 2. The summed E-state index contributed by atoms with van der Waals surface area (Å²) < 4.78 is 32.6. The quantitative estimate of drug-likeness (QED) is 0.498. The Hall–Kier alpha value is -3.69. The SMILES string of the molecule is CN(c1ccccc1)S(=O)(=O)c1ccc(C(=O)Nc2ccccc2C(=O)NC[C@@H]2CCCO2)cc1. The van der Waals surface area contributed by atoms with Crippen LogP contribution in [0.15, 0.2) is 83.8 Å². The minimum Gasteiger partial charge on any atom is -0.376 e. The van der Waals surface area contributed by atoms with Crippen LogP contribution in [-0.4, -0.2) is 46.5 Å². The van der Waals surface area contributed by atoms with Crippen LogP contribution in [0.2, 0.25) is 0 Å². The Kier molecular flexibility index (Phi) is 7.48. The van der Waals surface area contributed by atoms with Gasteiger partial charge in [0.25, 0.3) is 21.8 Å². The van der Waals surface area contributed by atoms with E-state index >= 15 is 0 Å². The van der Waals surface area contributed by atoms with E-state index in [2.05, 4.69) is 10.6 Å². The van der Waals surface area contributed by atoms with Crippen LogP contribution in [0.25, 0.3) is 0 Å². The number of amides is 2. The van der Waals surface area contributed by atoms with Crippen LogP contribution < -0.4 is 14.9 Å². The molecule has 1 atom stereocenters. The van der Waals surface area contributed by atoms with Crippen molar-refractivity contribution < 1.29 is 22.7 Å². The van der Waals surface area contributed by atoms with Gasteiger partial charge in [0.1, 0.15) is 0 Å². The second-order valence-corrected chi connectivity index (χ2v) is 10.1. The third-order valence-electron chi connectivity index (χ3n) is 5.83. The molecule has 1 aliphatic rings. The van der Waals surface area contributed by atoms with Crippen molar-refractivity contribution in [1.29, 1.82) is 0 Å². The maximum absolute atomic E-state index is 13.0. The lowest BCUT2D eigenvalue weighted by molar-refractivity contribution is 0.0858. The minimum absolute atomic E-state index is 0.0106. The van der Waals surface area contributed by atoms with Gasteiger partial charge in [-0.15, -0.1) is 0 Å². The van der Waals surface area contributed by atoms with Crippen LogP contribution >= 0.6 is 0 Å². The maximum atomic E-state index is 13.0. The van der Waals surface area contributed by atoms with E-state index in [-0.39, 0.29) is 22.5 Å². The van der Waals surface area contributed by atoms with Crippen LogP contribution in [0.1, 0.15) is 33.6 Å². The zero-order valence-corrected chi connectivity index (χ0v) is 20.1. The van der Waals surface area contributed by atoms with Gasteiger partial charge in [0.2, 0.25) is 0 Å². The number of rotatable bonds is 8. The molecule has 3 aromatic carbocycles. The molecule has 0 aliphatic carbocycles. The Morgan fingerprint density at radius 3 is 2.31 bits per heavy atom. The molecule has 0 unspecified atom stereocenters. The number of para-hydroxylation sites is 2. The van der Waals surface area contributed by atoms with Gasteiger partial charge in [0.05, 0.1) is 27.9 Å². The van der Waals surface area contributed by atoms with Crippen LogP contribution in [0.5, 0.6) is 0 Å². The van der Waals surface area contributed by atoms with Gasteiger partial charge in [-0.1, -0.05) is 30.3 Å². The van der Waals surface area contributed by atoms with E-state index in [1.807, 2.05) is 6.07 Å². The molecule has 0 bridgehead atoms. The van der Waals surface area contributed by atoms with Crippen LogP contribution in [0.4, 0.5) is 11.4 Å². The third-order valence-corrected chi connectivity index (χ3v) is 7.63. The van der Waals surface area contributed by atoms with E-state index in [0.29, 0.717) is 30.1 Å². The molecule has 182 valence electrons. The second kappa shape index (κ2) is 10.7. The first-order valence-corrected chi connectivity index (χ1v) is 12.7. The number of hydrogen-bond acceptors (Lipinski definition) is 5. The van der Waals surface area contributed by atoms with Gasteiger partial charge in [-0.2, -0.15) is 0 Å². The number of ether oxygens (including phenoxy) is 1. The van der Waals surface area contributed by atoms with E-state index in [1.165, 1.54) is 35.6 Å². The standard InChI is InChI=1S/C26H27N3O5S/c1-29(20-8-3-2-4-9-20)35(32,33)22-15-13-19(14-16-22)25(30)28-24-12-6-5-11-23(24)26(31)27-18-21-10-7-17-34-21/h2-6,8-9,11-16,21H,7,10,17-18H2,1H3,(H,27,31)(H,28,30)/t21-/m0/s1. The van der Waals surface area contributed by atoms with Crippen molar-refractivity contribution in [1.82, 2.24) is 5.32 Å². The van der Waals surface area contributed by atoms with Gasteiger partial charge < -0.3 is 15.4 Å². The molecule has 3 aromatic rings. The fourth-order valence-electron chi connectivity index (χ4n) is 3.80. The first kappa shape index (κ1) is 24.4. The number of benzene rings is 3. The van der Waals surface area contributed by atoms with E-state index in [9.17, 15) is 18.0 Å². The zero-order valence-electron chi connectivity index (χ0n) is 19.3. The van der Waals surface area contributed by atoms with E-state index in [4.69, 9.17) is 4.74 Å². The number of nitrogens with one attached hydrogen (secondary N) is 2. The average Bonchev–Trinajstić information content (AvgIpc) is 3.41. The largest absolute Gasteiger partial charge is 0.376 e. The summed E-state index contributed by atoms with van der Waals surface area (Å²) in [5, 5.41) is 5.61. The summed E-state index contributed by atoms with van der Waals surface area (Å²) in [6.07, 6.45) is 1.90. The summed E-state index contributed by atoms with van der Waals surface area (Å²) in [7, 11) is -2.31. The van der Waals surface area contributed by atoms with Gasteiger partial charge >= 0.3 is 0 Å². The van der Waals surface area contributed by atoms with E-state index in [0.717, 1.165) is 12.8 Å². The fraction of sp³-hybridized carbons (Fsp3) is 0.231. The van der Waals surface area contributed by atoms with Crippen LogP contribution in [0.3, 0.4) is 0 Å². The molecule has 0 spiro atoms. The van der Waals surface area contributed by atoms with Crippen molar-refractivity contribution in [3.05, 3.63) is 90.0 Å². The monoisotopic (exact) mass is 493 g/mol. The molecule has 1 saturated heterocycles. The Bertz CT molecular complexity index is 1290. The lowest BCUT2D eigenvalue weighted by Gasteiger charge is -2.19. The number of carbonyl (C=O) groups excluding carboxylic acids is 2. The molecule has 1 fully saturated rings. The molecule has 35 heavy (non-hydrogen) atoms. The van der Waals surface area contributed by atoms with Crippen molar-refractivity contribution in [2.24, 2.45) is 0 Å². The lowest BCUT2D eigenvalue weighted by atomic mass is 10.1. The van der Waals surface area contributed by atoms with E-state index < -0.39 is 15.9 Å². The topological polar surface area (TPSA) is 105 Å². The highest BCUT2D eigenvalue weighted by Gasteiger charge is 2.22. The average molecular weight is 494 g/mol. The molecule has 2 N–H and O–H groups in total. The molecule has 9 heteroatoms. The highest BCUT2D eigenvalue weighted by molar-refractivity contribution is 7.92. The summed E-state index contributed by atoms with van der Waals surface area (Å²) in [5.74, 6) is -0.758.